The molecule has 0 spiro atoms. The van der Waals surface area contributed by atoms with Gasteiger partial charge in [0.2, 0.25) is 0 Å². The summed E-state index contributed by atoms with van der Waals surface area (Å²) in [7, 11) is 0. The standard InChI is InChI=1S/C14H20N2O2/c17-13(18)14(7-3-8-14)10-11-6-9-16(15-11)12-4-1-2-5-12/h6,9,12H,1-5,7-8,10H2,(H,17,18). The van der Waals surface area contributed by atoms with E-state index in [-0.39, 0.29) is 0 Å². The van der Waals surface area contributed by atoms with Crippen molar-refractivity contribution in [1.82, 2.24) is 9.78 Å². The van der Waals surface area contributed by atoms with Crippen LogP contribution in [0.15, 0.2) is 12.3 Å². The van der Waals surface area contributed by atoms with Gasteiger partial charge in [0, 0.05) is 12.6 Å². The first-order chi connectivity index (χ1) is 8.70. The van der Waals surface area contributed by atoms with Gasteiger partial charge in [-0.05, 0) is 31.7 Å². The summed E-state index contributed by atoms with van der Waals surface area (Å²) in [4.78, 5) is 11.3. The number of carboxylic acids is 1. The zero-order chi connectivity index (χ0) is 12.6. The monoisotopic (exact) mass is 248 g/mol. The molecule has 0 bridgehead atoms. The fourth-order valence-electron chi connectivity index (χ4n) is 3.26. The third-order valence-corrected chi connectivity index (χ3v) is 4.65. The highest BCUT2D eigenvalue weighted by Gasteiger charge is 2.44. The molecule has 4 heteroatoms. The molecule has 0 unspecified atom stereocenters. The number of aromatic nitrogens is 2. The Morgan fingerprint density at radius 2 is 2.11 bits per heavy atom. The van der Waals surface area contributed by atoms with Crippen LogP contribution in [0.2, 0.25) is 0 Å². The Balaban J connectivity index is 1.71. The lowest BCUT2D eigenvalue weighted by Crippen LogP contribution is -2.40. The first-order valence-corrected chi connectivity index (χ1v) is 6.97. The molecule has 4 nitrogen and oxygen atoms in total. The van der Waals surface area contributed by atoms with Crippen molar-refractivity contribution < 1.29 is 9.90 Å². The van der Waals surface area contributed by atoms with Gasteiger partial charge in [0.25, 0.3) is 0 Å². The molecule has 3 rings (SSSR count). The number of rotatable bonds is 4. The highest BCUT2D eigenvalue weighted by molar-refractivity contribution is 5.76. The highest BCUT2D eigenvalue weighted by atomic mass is 16.4. The SMILES string of the molecule is O=C(O)C1(Cc2ccn(C3CCCC3)n2)CCC1. The second kappa shape index (κ2) is 4.41. The van der Waals surface area contributed by atoms with Crippen LogP contribution in [0.1, 0.15) is 56.7 Å². The van der Waals surface area contributed by atoms with E-state index in [4.69, 9.17) is 0 Å². The highest BCUT2D eigenvalue weighted by Crippen LogP contribution is 2.43. The molecule has 18 heavy (non-hydrogen) atoms. The molecular weight excluding hydrogens is 228 g/mol. The Morgan fingerprint density at radius 1 is 1.39 bits per heavy atom. The molecule has 0 amide bonds. The maximum absolute atomic E-state index is 11.3. The maximum atomic E-state index is 11.3. The van der Waals surface area contributed by atoms with Crippen LogP contribution in [-0.4, -0.2) is 20.9 Å². The molecule has 0 radical (unpaired) electrons. The fourth-order valence-corrected chi connectivity index (χ4v) is 3.26. The van der Waals surface area contributed by atoms with Gasteiger partial charge in [0.05, 0.1) is 17.2 Å². The second-order valence-electron chi connectivity index (χ2n) is 5.84. The van der Waals surface area contributed by atoms with Crippen LogP contribution in [0, 0.1) is 5.41 Å². The van der Waals surface area contributed by atoms with Crippen molar-refractivity contribution in [3.05, 3.63) is 18.0 Å². The van der Waals surface area contributed by atoms with E-state index in [1.807, 2.05) is 12.3 Å². The zero-order valence-corrected chi connectivity index (χ0v) is 10.6. The van der Waals surface area contributed by atoms with Gasteiger partial charge >= 0.3 is 5.97 Å². The van der Waals surface area contributed by atoms with Crippen molar-refractivity contribution in [2.45, 2.75) is 57.4 Å². The number of carbonyl (C=O) groups is 1. The lowest BCUT2D eigenvalue weighted by atomic mass is 9.66. The lowest BCUT2D eigenvalue weighted by molar-refractivity contribution is -0.154. The van der Waals surface area contributed by atoms with Gasteiger partial charge in [-0.3, -0.25) is 9.48 Å². The first kappa shape index (κ1) is 11.8. The van der Waals surface area contributed by atoms with Crippen LogP contribution < -0.4 is 0 Å². The summed E-state index contributed by atoms with van der Waals surface area (Å²) < 4.78 is 2.05. The lowest BCUT2D eigenvalue weighted by Gasteiger charge is -2.37. The van der Waals surface area contributed by atoms with E-state index in [2.05, 4.69) is 9.78 Å². The van der Waals surface area contributed by atoms with E-state index in [1.165, 1.54) is 25.7 Å². The second-order valence-corrected chi connectivity index (χ2v) is 5.84. The molecule has 1 N–H and O–H groups in total. The van der Waals surface area contributed by atoms with Crippen LogP contribution in [0.5, 0.6) is 0 Å². The van der Waals surface area contributed by atoms with Crippen molar-refractivity contribution in [1.29, 1.82) is 0 Å². The maximum Gasteiger partial charge on any atom is 0.310 e. The molecule has 2 aliphatic carbocycles. The molecule has 2 saturated carbocycles. The van der Waals surface area contributed by atoms with Crippen molar-refractivity contribution in [2.24, 2.45) is 5.41 Å². The van der Waals surface area contributed by atoms with E-state index in [9.17, 15) is 9.90 Å². The normalized spacial score (nSPS) is 22.9. The van der Waals surface area contributed by atoms with E-state index in [0.717, 1.165) is 25.0 Å². The van der Waals surface area contributed by atoms with Crippen LogP contribution in [0.4, 0.5) is 0 Å². The number of carboxylic acid groups (broad SMARTS) is 1. The average molecular weight is 248 g/mol. The Kier molecular flexibility index (Phi) is 2.88. The van der Waals surface area contributed by atoms with E-state index < -0.39 is 11.4 Å². The molecule has 98 valence electrons. The zero-order valence-electron chi connectivity index (χ0n) is 10.6. The van der Waals surface area contributed by atoms with Crippen molar-refractivity contribution >= 4 is 5.97 Å². The number of aliphatic carboxylic acids is 1. The van der Waals surface area contributed by atoms with Crippen molar-refractivity contribution in [3.8, 4) is 0 Å². The predicted molar refractivity (Wildman–Crippen MR) is 67.4 cm³/mol. The van der Waals surface area contributed by atoms with Gasteiger partial charge in [-0.15, -0.1) is 0 Å². The molecule has 0 aromatic carbocycles. The Hall–Kier alpha value is -1.32. The summed E-state index contributed by atoms with van der Waals surface area (Å²) in [5.74, 6) is -0.649. The summed E-state index contributed by atoms with van der Waals surface area (Å²) in [6, 6.07) is 2.54. The van der Waals surface area contributed by atoms with Crippen LogP contribution in [0.3, 0.4) is 0 Å². The van der Waals surface area contributed by atoms with E-state index >= 15 is 0 Å². The van der Waals surface area contributed by atoms with Gasteiger partial charge in [0.15, 0.2) is 0 Å². The fraction of sp³-hybridized carbons (Fsp3) is 0.714. The van der Waals surface area contributed by atoms with Crippen LogP contribution in [-0.2, 0) is 11.2 Å². The summed E-state index contributed by atoms with van der Waals surface area (Å²) >= 11 is 0. The number of hydrogen-bond acceptors (Lipinski definition) is 2. The molecule has 1 heterocycles. The molecule has 1 aromatic heterocycles. The molecule has 1 aromatic rings. The number of nitrogens with zero attached hydrogens (tertiary/aromatic N) is 2. The van der Waals surface area contributed by atoms with Gasteiger partial charge in [-0.1, -0.05) is 19.3 Å². The number of hydrogen-bond donors (Lipinski definition) is 1. The summed E-state index contributed by atoms with van der Waals surface area (Å²) in [6.07, 6.45) is 10.3. The minimum atomic E-state index is -0.649. The topological polar surface area (TPSA) is 55.1 Å². The smallest absolute Gasteiger partial charge is 0.310 e. The van der Waals surface area contributed by atoms with Gasteiger partial charge in [-0.25, -0.2) is 0 Å². The summed E-state index contributed by atoms with van der Waals surface area (Å²) in [6.45, 7) is 0. The molecule has 0 atom stereocenters. The molecule has 0 saturated heterocycles. The Labute approximate surface area is 107 Å². The third kappa shape index (κ3) is 1.93. The predicted octanol–water partition coefficient (Wildman–Crippen LogP) is 2.80. The first-order valence-electron chi connectivity index (χ1n) is 6.97. The van der Waals surface area contributed by atoms with Crippen LogP contribution in [0.25, 0.3) is 0 Å². The Morgan fingerprint density at radius 3 is 2.67 bits per heavy atom. The molecule has 2 aliphatic rings. The Bertz CT molecular complexity index is 442. The minimum absolute atomic E-state index is 0.519. The van der Waals surface area contributed by atoms with Crippen molar-refractivity contribution in [3.63, 3.8) is 0 Å². The van der Waals surface area contributed by atoms with Gasteiger partial charge < -0.3 is 5.11 Å². The summed E-state index contributed by atoms with van der Waals surface area (Å²) in [5, 5.41) is 13.9. The van der Waals surface area contributed by atoms with Gasteiger partial charge in [-0.2, -0.15) is 5.10 Å². The van der Waals surface area contributed by atoms with Crippen LogP contribution >= 0.6 is 0 Å². The van der Waals surface area contributed by atoms with Crippen molar-refractivity contribution in [2.75, 3.05) is 0 Å². The van der Waals surface area contributed by atoms with E-state index in [0.29, 0.717) is 12.5 Å². The molecule has 2 fully saturated rings. The minimum Gasteiger partial charge on any atom is -0.481 e. The molecular formula is C14H20N2O2. The van der Waals surface area contributed by atoms with Gasteiger partial charge in [0.1, 0.15) is 0 Å². The third-order valence-electron chi connectivity index (χ3n) is 4.65. The summed E-state index contributed by atoms with van der Waals surface area (Å²) in [5.41, 5.74) is 0.429. The van der Waals surface area contributed by atoms with E-state index in [1.54, 1.807) is 0 Å². The molecule has 0 aliphatic heterocycles. The quantitative estimate of drug-likeness (QED) is 0.891. The largest absolute Gasteiger partial charge is 0.481 e. The average Bonchev–Trinajstić information content (AvgIpc) is 2.93.